The second kappa shape index (κ2) is 6.42. The molecule has 0 saturated heterocycles. The first-order valence-corrected chi connectivity index (χ1v) is 8.33. The van der Waals surface area contributed by atoms with Crippen molar-refractivity contribution in [3.63, 3.8) is 0 Å². The van der Waals surface area contributed by atoms with Gasteiger partial charge in [0.15, 0.2) is 7.05 Å². The molecule has 10 heteroatoms. The quantitative estimate of drug-likeness (QED) is 0.442. The minimum atomic E-state index is -0.764. The second-order valence-corrected chi connectivity index (χ2v) is 6.53. The third kappa shape index (κ3) is 2.99. The minimum absolute atomic E-state index is 0.0464. The van der Waals surface area contributed by atoms with Crippen LogP contribution in [-0.4, -0.2) is 21.8 Å². The Morgan fingerprint density at radius 3 is 2.64 bits per heavy atom. The number of carbonyl (C=O) groups excluding carboxylic acids is 1. The number of thioether (sulfide) groups is 1. The number of rotatable bonds is 5. The highest BCUT2D eigenvalue weighted by Crippen LogP contribution is 2.45. The van der Waals surface area contributed by atoms with Crippen LogP contribution in [0.2, 0.25) is 0 Å². The third-order valence-electron chi connectivity index (χ3n) is 3.85. The van der Waals surface area contributed by atoms with E-state index in [2.05, 4.69) is 20.8 Å². The monoisotopic (exact) mass is 357 g/mol. The number of carbonyl (C=O) groups is 1. The zero-order valence-electron chi connectivity index (χ0n) is 13.2. The van der Waals surface area contributed by atoms with E-state index in [0.29, 0.717) is 5.56 Å². The Balaban J connectivity index is 1.93. The molecule has 0 spiro atoms. The van der Waals surface area contributed by atoms with Gasteiger partial charge in [0.1, 0.15) is 23.0 Å². The highest BCUT2D eigenvalue weighted by atomic mass is 32.2. The van der Waals surface area contributed by atoms with E-state index in [1.807, 2.05) is 6.07 Å². The average Bonchev–Trinajstić information content (AvgIpc) is 3.37. The predicted octanol–water partition coefficient (Wildman–Crippen LogP) is 0.365. The summed E-state index contributed by atoms with van der Waals surface area (Å²) in [5, 5.41) is 21.4. The molecule has 0 aliphatic heterocycles. The molecule has 0 amide bonds. The summed E-state index contributed by atoms with van der Waals surface area (Å²) in [6, 6.07) is 4.09. The number of aryl methyl sites for hydroxylation is 1. The first kappa shape index (κ1) is 16.7. The van der Waals surface area contributed by atoms with Crippen LogP contribution in [0.25, 0.3) is 0 Å². The number of aromatic amines is 1. The fourth-order valence-electron chi connectivity index (χ4n) is 2.55. The van der Waals surface area contributed by atoms with Gasteiger partial charge in [-0.1, -0.05) is 16.4 Å². The van der Waals surface area contributed by atoms with Gasteiger partial charge in [-0.3, -0.25) is 9.32 Å². The number of anilines is 1. The molecule has 1 aliphatic carbocycles. The molecule has 1 saturated carbocycles. The van der Waals surface area contributed by atoms with Gasteiger partial charge in [0.25, 0.3) is 0 Å². The Labute approximate surface area is 146 Å². The average molecular weight is 357 g/mol. The van der Waals surface area contributed by atoms with Gasteiger partial charge in [-0.2, -0.15) is 10.5 Å². The summed E-state index contributed by atoms with van der Waals surface area (Å²) in [5.41, 5.74) is 6.08. The third-order valence-corrected chi connectivity index (χ3v) is 4.82. The number of hydrogen-bond donors (Lipinski definition) is 2. The summed E-state index contributed by atoms with van der Waals surface area (Å²) in [6.07, 6.45) is 1.77. The SMILES string of the molecule is C[n+]1[nH]oc(=O)c1C(=O)CSc1nc(N)c(C#N)c(C2CC2)c1C#N. The van der Waals surface area contributed by atoms with Gasteiger partial charge in [-0.25, -0.2) is 9.78 Å². The molecule has 3 rings (SSSR count). The molecule has 0 atom stereocenters. The molecule has 2 aromatic rings. The van der Waals surface area contributed by atoms with Gasteiger partial charge in [0.2, 0.25) is 5.78 Å². The van der Waals surface area contributed by atoms with Gasteiger partial charge in [0, 0.05) is 0 Å². The lowest BCUT2D eigenvalue weighted by Crippen LogP contribution is -2.39. The zero-order chi connectivity index (χ0) is 18.1. The number of nitrogen functional groups attached to an aromatic ring is 1. The number of nitrogens with zero attached hydrogens (tertiary/aromatic N) is 4. The van der Waals surface area contributed by atoms with Crippen molar-refractivity contribution >= 4 is 23.4 Å². The lowest BCUT2D eigenvalue weighted by molar-refractivity contribution is -0.741. The van der Waals surface area contributed by atoms with Crippen LogP contribution in [0, 0.1) is 22.7 Å². The molecule has 3 N–H and O–H groups in total. The number of pyridine rings is 1. The van der Waals surface area contributed by atoms with Crippen LogP contribution in [0.4, 0.5) is 5.82 Å². The Morgan fingerprint density at radius 2 is 2.12 bits per heavy atom. The van der Waals surface area contributed by atoms with Crippen molar-refractivity contribution in [3.05, 3.63) is 32.8 Å². The van der Waals surface area contributed by atoms with Crippen molar-refractivity contribution in [2.45, 2.75) is 23.8 Å². The Morgan fingerprint density at radius 1 is 1.44 bits per heavy atom. The number of H-pyrrole nitrogens is 1. The van der Waals surface area contributed by atoms with E-state index in [1.165, 1.54) is 11.7 Å². The van der Waals surface area contributed by atoms with Gasteiger partial charge in [-0.15, -0.1) is 0 Å². The van der Waals surface area contributed by atoms with E-state index in [-0.39, 0.29) is 39.3 Å². The predicted molar refractivity (Wildman–Crippen MR) is 85.6 cm³/mol. The molecule has 0 radical (unpaired) electrons. The van der Waals surface area contributed by atoms with E-state index >= 15 is 0 Å². The van der Waals surface area contributed by atoms with Crippen LogP contribution < -0.4 is 16.0 Å². The van der Waals surface area contributed by atoms with E-state index < -0.39 is 11.4 Å². The van der Waals surface area contributed by atoms with Crippen LogP contribution in [0.5, 0.6) is 0 Å². The number of ketones is 1. The molecule has 0 unspecified atom stereocenters. The summed E-state index contributed by atoms with van der Waals surface area (Å²) >= 11 is 1.01. The second-order valence-electron chi connectivity index (χ2n) is 5.56. The summed E-state index contributed by atoms with van der Waals surface area (Å²) in [5.74, 6) is -0.415. The van der Waals surface area contributed by atoms with E-state index in [0.717, 1.165) is 24.6 Å². The lowest BCUT2D eigenvalue weighted by atomic mass is 10.0. The largest absolute Gasteiger partial charge is 0.438 e. The van der Waals surface area contributed by atoms with Crippen molar-refractivity contribution in [1.82, 2.24) is 10.3 Å². The van der Waals surface area contributed by atoms with Crippen molar-refractivity contribution < 1.29 is 14.0 Å². The Bertz CT molecular complexity index is 1010. The fraction of sp³-hybridized carbons (Fsp3) is 0.333. The van der Waals surface area contributed by atoms with Crippen LogP contribution >= 0.6 is 11.8 Å². The smallest absolute Gasteiger partial charge is 0.383 e. The molecular weight excluding hydrogens is 344 g/mol. The van der Waals surface area contributed by atoms with E-state index in [9.17, 15) is 20.1 Å². The summed E-state index contributed by atoms with van der Waals surface area (Å²) < 4.78 is 5.74. The van der Waals surface area contributed by atoms with Gasteiger partial charge in [0.05, 0.1) is 16.9 Å². The number of Topliss-reactive ketones (excluding diaryl/α,β-unsaturated/α-hetero) is 1. The molecule has 1 fully saturated rings. The van der Waals surface area contributed by atoms with E-state index in [1.54, 1.807) is 0 Å². The standard InChI is InChI=1S/C15H12N6O3S/c1-21-12(15(23)24-20-21)10(22)6-25-14-9(5-17)11(7-2-3-7)8(4-16)13(18)19-14/h7H,2-3,6H2,1H3,(H2-,18,19,20,22,23)/p+1. The van der Waals surface area contributed by atoms with E-state index in [4.69, 9.17) is 5.73 Å². The van der Waals surface area contributed by atoms with Crippen LogP contribution in [0.3, 0.4) is 0 Å². The molecule has 0 bridgehead atoms. The topological polar surface area (TPSA) is 153 Å². The number of aromatic nitrogens is 3. The van der Waals surface area contributed by atoms with Crippen molar-refractivity contribution in [3.8, 4) is 12.1 Å². The fourth-order valence-corrected chi connectivity index (χ4v) is 3.42. The maximum absolute atomic E-state index is 12.2. The molecule has 9 nitrogen and oxygen atoms in total. The molecule has 2 heterocycles. The molecule has 2 aromatic heterocycles. The highest BCUT2D eigenvalue weighted by Gasteiger charge is 2.33. The Hall–Kier alpha value is -3.11. The number of nitriles is 2. The highest BCUT2D eigenvalue weighted by molar-refractivity contribution is 8.00. The van der Waals surface area contributed by atoms with Gasteiger partial charge in [-0.05, 0) is 29.6 Å². The normalized spacial score (nSPS) is 13.2. The maximum atomic E-state index is 12.2. The van der Waals surface area contributed by atoms with Gasteiger partial charge >= 0.3 is 11.3 Å². The van der Waals surface area contributed by atoms with Crippen LogP contribution in [0.1, 0.15) is 45.9 Å². The number of hydrogen-bond acceptors (Lipinski definition) is 8. The lowest BCUT2D eigenvalue weighted by Gasteiger charge is -2.11. The van der Waals surface area contributed by atoms with Crippen molar-refractivity contribution in [2.75, 3.05) is 11.5 Å². The van der Waals surface area contributed by atoms with Crippen LogP contribution in [0.15, 0.2) is 14.3 Å². The maximum Gasteiger partial charge on any atom is 0.438 e. The van der Waals surface area contributed by atoms with Crippen molar-refractivity contribution in [1.29, 1.82) is 10.5 Å². The van der Waals surface area contributed by atoms with Crippen LogP contribution in [-0.2, 0) is 7.05 Å². The number of nitrogens with two attached hydrogens (primary N) is 1. The minimum Gasteiger partial charge on any atom is -0.383 e. The van der Waals surface area contributed by atoms with Crippen molar-refractivity contribution in [2.24, 2.45) is 7.05 Å². The summed E-state index contributed by atoms with van der Waals surface area (Å²) in [4.78, 5) is 27.9. The summed E-state index contributed by atoms with van der Waals surface area (Å²) in [7, 11) is 1.48. The molecular formula is C15H13N6O3S+. The first-order chi connectivity index (χ1) is 12.0. The molecule has 1 aliphatic rings. The summed E-state index contributed by atoms with van der Waals surface area (Å²) in [6.45, 7) is 0. The number of nitrogens with one attached hydrogen (secondary N) is 1. The Kier molecular flexibility index (Phi) is 4.30. The molecule has 126 valence electrons. The molecule has 25 heavy (non-hydrogen) atoms. The molecule has 0 aromatic carbocycles. The first-order valence-electron chi connectivity index (χ1n) is 7.35. The van der Waals surface area contributed by atoms with Gasteiger partial charge < -0.3 is 5.73 Å². The zero-order valence-corrected chi connectivity index (χ0v) is 14.0.